The Morgan fingerprint density at radius 3 is 2.47 bits per heavy atom. The number of ketones is 1. The van der Waals surface area contributed by atoms with E-state index in [1.807, 2.05) is 0 Å². The van der Waals surface area contributed by atoms with Crippen LogP contribution in [-0.4, -0.2) is 87.4 Å². The fourth-order valence-corrected chi connectivity index (χ4v) is 3.59. The number of amides is 3. The second-order valence-corrected chi connectivity index (χ2v) is 7.91. The summed E-state index contributed by atoms with van der Waals surface area (Å²) < 4.78 is 59.6. The highest BCUT2D eigenvalue weighted by Crippen LogP contribution is 2.32. The minimum absolute atomic E-state index is 0.00104. The standard InChI is InChI=1S/C20H25F4N5O5/c1-26(2)25-19(31)29-6-5-27(7-8-33-29)17-14(21)9-12(10-15(17)22)28-11-13(34-20(28)32)3-4-16(30)18(23)24/h9-10,13,18H,3-8,11H2,1-2H3,(H,25,31)/t13-/m0/s1. The van der Waals surface area contributed by atoms with Gasteiger partial charge in [0.2, 0.25) is 0 Å². The molecule has 2 heterocycles. The number of benzene rings is 1. The number of hydrazine groups is 1. The number of anilines is 2. The van der Waals surface area contributed by atoms with E-state index in [-0.39, 0.29) is 50.6 Å². The van der Waals surface area contributed by atoms with Crippen LogP contribution in [0.1, 0.15) is 12.8 Å². The van der Waals surface area contributed by atoms with Gasteiger partial charge in [0.1, 0.15) is 11.8 Å². The minimum Gasteiger partial charge on any atom is -0.444 e. The predicted octanol–water partition coefficient (Wildman–Crippen LogP) is 2.14. The number of Topliss-reactive ketones (excluding diaryl/α,β-unsaturated/α-hetero) is 1. The number of alkyl halides is 2. The first-order valence-electron chi connectivity index (χ1n) is 10.5. The van der Waals surface area contributed by atoms with Crippen LogP contribution in [0.5, 0.6) is 0 Å². The average molecular weight is 491 g/mol. The van der Waals surface area contributed by atoms with Crippen LogP contribution in [-0.2, 0) is 14.4 Å². The Morgan fingerprint density at radius 1 is 1.18 bits per heavy atom. The minimum atomic E-state index is -3.11. The summed E-state index contributed by atoms with van der Waals surface area (Å²) in [6, 6.07) is 1.41. The molecule has 0 saturated carbocycles. The molecule has 2 fully saturated rings. The Kier molecular flexibility index (Phi) is 8.15. The molecule has 10 nitrogen and oxygen atoms in total. The smallest absolute Gasteiger partial charge is 0.414 e. The van der Waals surface area contributed by atoms with Gasteiger partial charge < -0.3 is 9.64 Å². The van der Waals surface area contributed by atoms with E-state index >= 15 is 0 Å². The van der Waals surface area contributed by atoms with E-state index in [0.717, 1.165) is 22.1 Å². The quantitative estimate of drug-likeness (QED) is 0.461. The molecule has 0 bridgehead atoms. The normalized spacial score (nSPS) is 19.0. The number of nitrogens with zero attached hydrogens (tertiary/aromatic N) is 4. The molecular weight excluding hydrogens is 466 g/mol. The number of urea groups is 1. The second kappa shape index (κ2) is 10.9. The maximum absolute atomic E-state index is 14.9. The summed E-state index contributed by atoms with van der Waals surface area (Å²) in [7, 11) is 3.24. The lowest BCUT2D eigenvalue weighted by Crippen LogP contribution is -2.46. The molecule has 188 valence electrons. The van der Waals surface area contributed by atoms with Crippen LogP contribution in [0, 0.1) is 11.6 Å². The van der Waals surface area contributed by atoms with E-state index in [1.54, 1.807) is 14.1 Å². The number of hydrogen-bond donors (Lipinski definition) is 1. The molecule has 3 amide bonds. The van der Waals surface area contributed by atoms with Crippen LogP contribution in [0.15, 0.2) is 12.1 Å². The predicted molar refractivity (Wildman–Crippen MR) is 111 cm³/mol. The summed E-state index contributed by atoms with van der Waals surface area (Å²) in [4.78, 5) is 43.0. The van der Waals surface area contributed by atoms with Crippen LogP contribution in [0.2, 0.25) is 0 Å². The topological polar surface area (TPSA) is 94.7 Å². The number of carbonyl (C=O) groups is 3. The third-order valence-corrected chi connectivity index (χ3v) is 5.19. The summed E-state index contributed by atoms with van der Waals surface area (Å²) in [6.45, 7) is 0.0861. The highest BCUT2D eigenvalue weighted by Gasteiger charge is 2.34. The second-order valence-electron chi connectivity index (χ2n) is 7.91. The largest absolute Gasteiger partial charge is 0.444 e. The molecular formula is C20H25F4N5O5. The molecule has 34 heavy (non-hydrogen) atoms. The molecule has 3 rings (SSSR count). The Bertz CT molecular complexity index is 912. The van der Waals surface area contributed by atoms with Gasteiger partial charge in [-0.2, -0.15) is 0 Å². The number of cyclic esters (lactones) is 1. The van der Waals surface area contributed by atoms with Gasteiger partial charge in [-0.15, -0.1) is 0 Å². The van der Waals surface area contributed by atoms with E-state index in [1.165, 1.54) is 9.91 Å². The third kappa shape index (κ3) is 6.05. The summed E-state index contributed by atoms with van der Waals surface area (Å²) in [5.74, 6) is -3.15. The van der Waals surface area contributed by atoms with Crippen LogP contribution in [0.3, 0.4) is 0 Å². The lowest BCUT2D eigenvalue weighted by molar-refractivity contribution is -0.129. The maximum atomic E-state index is 14.9. The van der Waals surface area contributed by atoms with Crippen molar-refractivity contribution in [1.29, 1.82) is 0 Å². The number of hydrogen-bond acceptors (Lipinski definition) is 7. The fraction of sp³-hybridized carbons (Fsp3) is 0.550. The Hall–Kier alpha value is -3.13. The van der Waals surface area contributed by atoms with Crippen LogP contribution < -0.4 is 15.2 Å². The molecule has 0 unspecified atom stereocenters. The monoisotopic (exact) mass is 491 g/mol. The van der Waals surface area contributed by atoms with Crippen LogP contribution >= 0.6 is 0 Å². The van der Waals surface area contributed by atoms with Crippen molar-refractivity contribution >= 4 is 29.3 Å². The van der Waals surface area contributed by atoms with Gasteiger partial charge in [-0.3, -0.25) is 20.0 Å². The molecule has 2 aliphatic heterocycles. The molecule has 0 aliphatic carbocycles. The SMILES string of the molecule is CN(C)NC(=O)N1CCN(c2c(F)cc(N3C[C@H](CCC(=O)C(F)F)OC3=O)cc2F)CCO1. The van der Waals surface area contributed by atoms with E-state index in [0.29, 0.717) is 0 Å². The van der Waals surface area contributed by atoms with Crippen molar-refractivity contribution in [2.45, 2.75) is 25.4 Å². The van der Waals surface area contributed by atoms with Gasteiger partial charge >= 0.3 is 12.1 Å². The molecule has 2 aliphatic rings. The van der Waals surface area contributed by atoms with E-state index in [4.69, 9.17) is 9.57 Å². The van der Waals surface area contributed by atoms with Crippen molar-refractivity contribution in [2.75, 3.05) is 56.7 Å². The number of halogens is 4. The molecule has 0 aromatic heterocycles. The average Bonchev–Trinajstić information content (AvgIpc) is 2.96. The zero-order valence-electron chi connectivity index (χ0n) is 18.6. The zero-order valence-corrected chi connectivity index (χ0v) is 18.6. The van der Waals surface area contributed by atoms with Gasteiger partial charge in [0.15, 0.2) is 17.4 Å². The summed E-state index contributed by atoms with van der Waals surface area (Å²) in [6.07, 6.45) is -5.47. The molecule has 2 saturated heterocycles. The van der Waals surface area contributed by atoms with Crippen molar-refractivity contribution < 1.29 is 41.5 Å². The number of carbonyl (C=O) groups excluding carboxylic acids is 3. The third-order valence-electron chi connectivity index (χ3n) is 5.19. The van der Waals surface area contributed by atoms with Gasteiger partial charge in [-0.05, 0) is 6.42 Å². The van der Waals surface area contributed by atoms with E-state index in [2.05, 4.69) is 5.43 Å². The van der Waals surface area contributed by atoms with Gasteiger partial charge in [0, 0.05) is 45.7 Å². The highest BCUT2D eigenvalue weighted by atomic mass is 19.3. The number of rotatable bonds is 7. The lowest BCUT2D eigenvalue weighted by atomic mass is 10.1. The molecule has 0 spiro atoms. The number of ether oxygens (including phenoxy) is 1. The summed E-state index contributed by atoms with van der Waals surface area (Å²) in [5, 5.41) is 2.49. The molecule has 1 atom stereocenters. The fourth-order valence-electron chi connectivity index (χ4n) is 3.59. The Morgan fingerprint density at radius 2 is 1.85 bits per heavy atom. The van der Waals surface area contributed by atoms with E-state index in [9.17, 15) is 31.9 Å². The Labute approximate surface area is 192 Å². The summed E-state index contributed by atoms with van der Waals surface area (Å²) >= 11 is 0. The first-order chi connectivity index (χ1) is 16.1. The van der Waals surface area contributed by atoms with Gasteiger partial charge in [0.25, 0.3) is 6.43 Å². The van der Waals surface area contributed by atoms with Crippen LogP contribution in [0.25, 0.3) is 0 Å². The van der Waals surface area contributed by atoms with E-state index < -0.39 is 48.5 Å². The van der Waals surface area contributed by atoms with Crippen molar-refractivity contribution in [3.8, 4) is 0 Å². The maximum Gasteiger partial charge on any atom is 0.414 e. The molecule has 1 N–H and O–H groups in total. The molecule has 1 aromatic carbocycles. The van der Waals surface area contributed by atoms with Crippen molar-refractivity contribution in [3.63, 3.8) is 0 Å². The van der Waals surface area contributed by atoms with Crippen LogP contribution in [0.4, 0.5) is 38.5 Å². The van der Waals surface area contributed by atoms with Gasteiger partial charge in [-0.1, -0.05) is 0 Å². The van der Waals surface area contributed by atoms with Crippen molar-refractivity contribution in [3.05, 3.63) is 23.8 Å². The molecule has 0 radical (unpaired) electrons. The summed E-state index contributed by atoms with van der Waals surface area (Å²) in [5.41, 5.74) is 2.06. The lowest BCUT2D eigenvalue weighted by Gasteiger charge is -2.25. The Balaban J connectivity index is 1.67. The van der Waals surface area contributed by atoms with Crippen molar-refractivity contribution in [2.24, 2.45) is 0 Å². The zero-order chi connectivity index (χ0) is 25.0. The molecule has 1 aromatic rings. The number of hydroxylamine groups is 2. The first-order valence-corrected chi connectivity index (χ1v) is 10.5. The molecule has 14 heteroatoms. The first kappa shape index (κ1) is 25.5. The highest BCUT2D eigenvalue weighted by molar-refractivity contribution is 5.90. The van der Waals surface area contributed by atoms with Gasteiger partial charge in [-0.25, -0.2) is 37.2 Å². The number of nitrogens with one attached hydrogen (secondary N) is 1. The van der Waals surface area contributed by atoms with Gasteiger partial charge in [0.05, 0.1) is 25.4 Å². The van der Waals surface area contributed by atoms with Crippen molar-refractivity contribution in [1.82, 2.24) is 15.5 Å².